The van der Waals surface area contributed by atoms with Gasteiger partial charge in [0.05, 0.1) is 0 Å². The van der Waals surface area contributed by atoms with Crippen LogP contribution >= 0.6 is 0 Å². The topological polar surface area (TPSA) is 29.1 Å². The average molecular weight is 209 g/mol. The molecule has 0 aromatic heterocycles. The molecule has 0 bridgehead atoms. The van der Waals surface area contributed by atoms with Crippen molar-refractivity contribution in [3.63, 3.8) is 0 Å². The molecule has 0 radical (unpaired) electrons. The van der Waals surface area contributed by atoms with Gasteiger partial charge in [0.2, 0.25) is 0 Å². The predicted octanol–water partition coefficient (Wildman–Crippen LogP) is 2.02. The summed E-state index contributed by atoms with van der Waals surface area (Å²) in [4.78, 5) is 0. The molecule has 1 aromatic rings. The lowest BCUT2D eigenvalue weighted by atomic mass is 10.2. The lowest BCUT2D eigenvalue weighted by molar-refractivity contribution is 0.691. The van der Waals surface area contributed by atoms with Gasteiger partial charge in [0, 0.05) is 34.7 Å². The Morgan fingerprint density at radius 2 is 2.07 bits per heavy atom. The minimum Gasteiger partial charge on any atom is -0.384 e. The SMILES string of the molecule is C/C(=C/S(C)=O)NCc1ccccc1. The second-order valence-corrected chi connectivity index (χ2v) is 4.37. The van der Waals surface area contributed by atoms with Crippen LogP contribution < -0.4 is 5.32 Å². The number of hydrogen-bond donors (Lipinski definition) is 1. The highest BCUT2D eigenvalue weighted by Gasteiger charge is 1.92. The fourth-order valence-electron chi connectivity index (χ4n) is 1.13. The van der Waals surface area contributed by atoms with Gasteiger partial charge in [0.25, 0.3) is 0 Å². The molecule has 14 heavy (non-hydrogen) atoms. The summed E-state index contributed by atoms with van der Waals surface area (Å²) < 4.78 is 10.9. The molecule has 0 aliphatic heterocycles. The number of rotatable bonds is 4. The van der Waals surface area contributed by atoms with E-state index in [1.807, 2.05) is 25.1 Å². The van der Waals surface area contributed by atoms with E-state index in [1.54, 1.807) is 11.7 Å². The molecule has 1 rings (SSSR count). The molecule has 0 spiro atoms. The molecule has 2 nitrogen and oxygen atoms in total. The molecule has 0 aliphatic rings. The minimum atomic E-state index is -0.878. The van der Waals surface area contributed by atoms with Crippen molar-refractivity contribution in [2.75, 3.05) is 6.26 Å². The number of allylic oxidation sites excluding steroid dienone is 1. The molecule has 1 aromatic carbocycles. The molecule has 1 atom stereocenters. The average Bonchev–Trinajstić information content (AvgIpc) is 2.15. The smallest absolute Gasteiger partial charge is 0.0441 e. The van der Waals surface area contributed by atoms with Crippen LogP contribution in [0.1, 0.15) is 12.5 Å². The van der Waals surface area contributed by atoms with Crippen molar-refractivity contribution in [3.8, 4) is 0 Å². The van der Waals surface area contributed by atoms with E-state index >= 15 is 0 Å². The Kier molecular flexibility index (Phi) is 4.40. The van der Waals surface area contributed by atoms with Gasteiger partial charge < -0.3 is 5.32 Å². The van der Waals surface area contributed by atoms with Crippen molar-refractivity contribution in [1.29, 1.82) is 0 Å². The van der Waals surface area contributed by atoms with E-state index in [0.29, 0.717) is 0 Å². The zero-order valence-corrected chi connectivity index (χ0v) is 9.30. The maximum Gasteiger partial charge on any atom is 0.0441 e. The van der Waals surface area contributed by atoms with E-state index in [-0.39, 0.29) is 0 Å². The zero-order chi connectivity index (χ0) is 10.4. The van der Waals surface area contributed by atoms with Gasteiger partial charge in [-0.25, -0.2) is 0 Å². The van der Waals surface area contributed by atoms with Crippen molar-refractivity contribution in [2.24, 2.45) is 0 Å². The Labute approximate surface area is 87.5 Å². The monoisotopic (exact) mass is 209 g/mol. The van der Waals surface area contributed by atoms with Crippen LogP contribution in [0.5, 0.6) is 0 Å². The van der Waals surface area contributed by atoms with Crippen LogP contribution in [0.25, 0.3) is 0 Å². The van der Waals surface area contributed by atoms with Gasteiger partial charge in [0.1, 0.15) is 0 Å². The highest BCUT2D eigenvalue weighted by Crippen LogP contribution is 1.99. The summed E-state index contributed by atoms with van der Waals surface area (Å²) in [6.07, 6.45) is 1.66. The normalized spacial score (nSPS) is 13.7. The molecule has 0 saturated heterocycles. The molecule has 1 unspecified atom stereocenters. The Bertz CT molecular complexity index is 332. The lowest BCUT2D eigenvalue weighted by Crippen LogP contribution is -2.10. The second-order valence-electron chi connectivity index (χ2n) is 3.14. The third-order valence-corrected chi connectivity index (χ3v) is 2.44. The summed E-state index contributed by atoms with van der Waals surface area (Å²) in [6.45, 7) is 2.70. The number of hydrogen-bond acceptors (Lipinski definition) is 2. The maximum atomic E-state index is 10.9. The Morgan fingerprint density at radius 3 is 2.64 bits per heavy atom. The van der Waals surface area contributed by atoms with Crippen molar-refractivity contribution >= 4 is 10.8 Å². The van der Waals surface area contributed by atoms with Crippen molar-refractivity contribution in [2.45, 2.75) is 13.5 Å². The Balaban J connectivity index is 2.45. The van der Waals surface area contributed by atoms with Crippen LogP contribution in [0.2, 0.25) is 0 Å². The molecule has 76 valence electrons. The highest BCUT2D eigenvalue weighted by molar-refractivity contribution is 7.87. The number of benzene rings is 1. The summed E-state index contributed by atoms with van der Waals surface area (Å²) in [6, 6.07) is 10.1. The first-order valence-corrected chi connectivity index (χ1v) is 6.09. The minimum absolute atomic E-state index is 0.778. The molecule has 0 heterocycles. The van der Waals surface area contributed by atoms with Crippen molar-refractivity contribution in [3.05, 3.63) is 47.0 Å². The standard InChI is InChI=1S/C11H15NOS/c1-10(9-14(2)13)12-8-11-6-4-3-5-7-11/h3-7,9,12H,8H2,1-2H3/b10-9-. The van der Waals surface area contributed by atoms with Crippen LogP contribution in [-0.2, 0) is 17.3 Å². The fourth-order valence-corrected chi connectivity index (χ4v) is 1.71. The first-order chi connectivity index (χ1) is 6.68. The first-order valence-electron chi connectivity index (χ1n) is 4.47. The third kappa shape index (κ3) is 4.23. The summed E-state index contributed by atoms with van der Waals surface area (Å²) >= 11 is 0. The largest absolute Gasteiger partial charge is 0.384 e. The summed E-state index contributed by atoms with van der Waals surface area (Å²) in [5, 5.41) is 4.91. The van der Waals surface area contributed by atoms with Crippen molar-refractivity contribution < 1.29 is 4.21 Å². The molecular weight excluding hydrogens is 194 g/mol. The van der Waals surface area contributed by atoms with E-state index in [2.05, 4.69) is 17.4 Å². The van der Waals surface area contributed by atoms with Gasteiger partial charge in [-0.1, -0.05) is 30.3 Å². The van der Waals surface area contributed by atoms with Crippen molar-refractivity contribution in [1.82, 2.24) is 5.32 Å². The van der Waals surface area contributed by atoms with Crippen LogP contribution in [0.15, 0.2) is 41.4 Å². The van der Waals surface area contributed by atoms with Gasteiger partial charge >= 0.3 is 0 Å². The molecule has 0 amide bonds. The number of nitrogens with one attached hydrogen (secondary N) is 1. The Hall–Kier alpha value is -1.09. The van der Waals surface area contributed by atoms with E-state index in [4.69, 9.17) is 0 Å². The van der Waals surface area contributed by atoms with E-state index in [0.717, 1.165) is 12.2 Å². The zero-order valence-electron chi connectivity index (χ0n) is 8.49. The molecule has 0 fully saturated rings. The fraction of sp³-hybridized carbons (Fsp3) is 0.273. The third-order valence-electron chi connectivity index (χ3n) is 1.76. The highest BCUT2D eigenvalue weighted by atomic mass is 32.2. The second kappa shape index (κ2) is 5.60. The van der Waals surface area contributed by atoms with Gasteiger partial charge in [-0.3, -0.25) is 4.21 Å². The summed E-state index contributed by atoms with van der Waals surface area (Å²) in [5.74, 6) is 0. The molecule has 3 heteroatoms. The molecule has 0 saturated carbocycles. The van der Waals surface area contributed by atoms with Gasteiger partial charge in [-0.05, 0) is 12.5 Å². The van der Waals surface area contributed by atoms with Crippen LogP contribution in [0.3, 0.4) is 0 Å². The van der Waals surface area contributed by atoms with E-state index in [1.165, 1.54) is 5.56 Å². The predicted molar refractivity (Wildman–Crippen MR) is 61.1 cm³/mol. The summed E-state index contributed by atoms with van der Waals surface area (Å²) in [5.41, 5.74) is 2.18. The quantitative estimate of drug-likeness (QED) is 0.822. The van der Waals surface area contributed by atoms with Crippen LogP contribution in [-0.4, -0.2) is 10.5 Å². The lowest BCUT2D eigenvalue weighted by Gasteiger charge is -2.05. The molecule has 1 N–H and O–H groups in total. The van der Waals surface area contributed by atoms with Gasteiger partial charge in [-0.2, -0.15) is 0 Å². The van der Waals surface area contributed by atoms with Crippen LogP contribution in [0.4, 0.5) is 0 Å². The van der Waals surface area contributed by atoms with E-state index < -0.39 is 10.8 Å². The van der Waals surface area contributed by atoms with E-state index in [9.17, 15) is 4.21 Å². The maximum absolute atomic E-state index is 10.9. The molecular formula is C11H15NOS. The van der Waals surface area contributed by atoms with Crippen LogP contribution in [0, 0.1) is 0 Å². The molecule has 0 aliphatic carbocycles. The first kappa shape index (κ1) is 11.0. The Morgan fingerprint density at radius 1 is 1.43 bits per heavy atom. The van der Waals surface area contributed by atoms with Gasteiger partial charge in [0.15, 0.2) is 0 Å². The summed E-state index contributed by atoms with van der Waals surface area (Å²) in [7, 11) is -0.878. The van der Waals surface area contributed by atoms with Gasteiger partial charge in [-0.15, -0.1) is 0 Å².